The molecule has 0 bridgehead atoms. The van der Waals surface area contributed by atoms with E-state index < -0.39 is 0 Å². The van der Waals surface area contributed by atoms with Gasteiger partial charge < -0.3 is 0 Å². The van der Waals surface area contributed by atoms with Crippen molar-refractivity contribution in [3.63, 3.8) is 0 Å². The van der Waals surface area contributed by atoms with E-state index in [1.54, 1.807) is 18.2 Å². The average Bonchev–Trinajstić information content (AvgIpc) is 2.53. The summed E-state index contributed by atoms with van der Waals surface area (Å²) in [5, 5.41) is 2.46. The molecule has 0 atom stereocenters. The number of hydrogen-bond donors (Lipinski definition) is 1. The van der Waals surface area contributed by atoms with E-state index in [4.69, 9.17) is 0 Å². The lowest BCUT2D eigenvalue weighted by Crippen LogP contribution is -2.07. The predicted molar refractivity (Wildman–Crippen MR) is 45.3 cm³/mol. The molecule has 2 aromatic rings. The molecule has 0 spiro atoms. The first-order valence-electron chi connectivity index (χ1n) is 3.87. The number of nitrogens with one attached hydrogen (secondary N) is 1. The number of rotatable bonds is 0. The number of hydrogen-bond acceptors (Lipinski definition) is 2. The first-order chi connectivity index (χ1) is 5.88. The van der Waals surface area contributed by atoms with Crippen LogP contribution in [0.3, 0.4) is 0 Å². The summed E-state index contributed by atoms with van der Waals surface area (Å²) in [7, 11) is 0. The van der Waals surface area contributed by atoms with E-state index in [0.717, 1.165) is 0 Å². The lowest BCUT2D eigenvalue weighted by atomic mass is 10.3. The van der Waals surface area contributed by atoms with Gasteiger partial charge in [-0.3, -0.25) is 0 Å². The lowest BCUT2D eigenvalue weighted by molar-refractivity contribution is -0.692. The van der Waals surface area contributed by atoms with Gasteiger partial charge >= 0.3 is 0 Å². The maximum atomic E-state index is 10.7. The highest BCUT2D eigenvalue weighted by molar-refractivity contribution is 5.69. The summed E-state index contributed by atoms with van der Waals surface area (Å²) in [5.74, 6) is 0. The highest BCUT2D eigenvalue weighted by atomic mass is 16.7. The minimum atomic E-state index is 0.440. The third-order valence-electron chi connectivity index (χ3n) is 1.34. The zero-order valence-corrected chi connectivity index (χ0v) is 7.07. The highest BCUT2D eigenvalue weighted by Crippen LogP contribution is 2.02. The number of aromatic amines is 1. The second-order valence-electron chi connectivity index (χ2n) is 1.97. The molecule has 0 saturated carbocycles. The van der Waals surface area contributed by atoms with Gasteiger partial charge in [0.1, 0.15) is 0 Å². The topological polar surface area (TPSA) is 51.9 Å². The summed E-state index contributed by atoms with van der Waals surface area (Å²) in [6.07, 6.45) is 0. The minimum Gasteiger partial charge on any atom is -0.0875 e. The molecule has 4 nitrogen and oxygen atoms in total. The molecule has 1 aromatic heterocycles. The molecule has 2 rings (SSSR count). The van der Waals surface area contributed by atoms with Gasteiger partial charge in [0.2, 0.25) is 5.52 Å². The Bertz CT molecular complexity index is 402. The van der Waals surface area contributed by atoms with Crippen LogP contribution >= 0.6 is 0 Å². The first-order valence-corrected chi connectivity index (χ1v) is 3.87. The fourth-order valence-electron chi connectivity index (χ4n) is 0.859. The molecule has 4 heteroatoms. The van der Waals surface area contributed by atoms with Gasteiger partial charge in [-0.05, 0) is 17.0 Å². The Balaban J connectivity index is 0.000000336. The van der Waals surface area contributed by atoms with Gasteiger partial charge in [-0.1, -0.05) is 35.8 Å². The van der Waals surface area contributed by atoms with Crippen molar-refractivity contribution in [3.05, 3.63) is 29.2 Å². The molecule has 0 unspecified atom stereocenters. The van der Waals surface area contributed by atoms with Crippen LogP contribution in [0.4, 0.5) is 0 Å². The molecule has 0 amide bonds. The van der Waals surface area contributed by atoms with Crippen LogP contribution in [-0.2, 0) is 0 Å². The van der Waals surface area contributed by atoms with E-state index in [-0.39, 0.29) is 0 Å². The fraction of sp³-hybridized carbons (Fsp3) is 0.250. The molecule has 0 radical (unpaired) electrons. The molecule has 64 valence electrons. The summed E-state index contributed by atoms with van der Waals surface area (Å²) in [4.78, 5) is 10.7. The van der Waals surface area contributed by atoms with E-state index in [0.29, 0.717) is 15.6 Å². The summed E-state index contributed by atoms with van der Waals surface area (Å²) in [6.45, 7) is 4.00. The lowest BCUT2D eigenvalue weighted by Gasteiger charge is -1.71. The molecule has 0 aliphatic carbocycles. The van der Waals surface area contributed by atoms with Crippen molar-refractivity contribution in [1.82, 2.24) is 5.16 Å². The van der Waals surface area contributed by atoms with Gasteiger partial charge in [-0.25, -0.2) is 0 Å². The van der Waals surface area contributed by atoms with E-state index in [9.17, 15) is 4.91 Å². The molecular weight excluding hydrogens is 156 g/mol. The van der Waals surface area contributed by atoms with Crippen LogP contribution < -0.4 is 4.60 Å². The van der Waals surface area contributed by atoms with Gasteiger partial charge in [0, 0.05) is 0 Å². The number of H-pyrrole nitrogens is 1. The smallest absolute Gasteiger partial charge is 0.0875 e. The zero-order valence-electron chi connectivity index (χ0n) is 7.07. The molecular formula is C8H11N2O2+. The van der Waals surface area contributed by atoms with Crippen LogP contribution in [0.2, 0.25) is 0 Å². The van der Waals surface area contributed by atoms with Crippen LogP contribution in [0.25, 0.3) is 11.0 Å². The Morgan fingerprint density at radius 2 is 2.00 bits per heavy atom. The highest BCUT2D eigenvalue weighted by Gasteiger charge is 2.05. The Morgan fingerprint density at radius 3 is 2.67 bits per heavy atom. The van der Waals surface area contributed by atoms with Gasteiger partial charge in [0.25, 0.3) is 5.52 Å². The van der Waals surface area contributed by atoms with Crippen molar-refractivity contribution >= 4 is 11.0 Å². The molecule has 1 aromatic carbocycles. The van der Waals surface area contributed by atoms with Crippen LogP contribution in [0, 0.1) is 4.91 Å². The van der Waals surface area contributed by atoms with Crippen LogP contribution in [0.15, 0.2) is 28.9 Å². The standard InChI is InChI=1S/C6H5N2O2.C2H6/c9-8-6-4-2-1-3-5(6)7-10-8;1-2/h1-4,7H;1-2H3/q+1;. The fourth-order valence-corrected chi connectivity index (χ4v) is 0.859. The van der Waals surface area contributed by atoms with E-state index in [1.807, 2.05) is 19.9 Å². The molecule has 12 heavy (non-hydrogen) atoms. The molecule has 0 aliphatic rings. The van der Waals surface area contributed by atoms with Crippen molar-refractivity contribution in [2.45, 2.75) is 13.8 Å². The monoisotopic (exact) mass is 167 g/mol. The SMILES string of the molecule is CC.O=[n+]1o[nH]c2ccccc21. The number of benzene rings is 1. The first kappa shape index (κ1) is 8.52. The number of fused-ring (bicyclic) bond motifs is 1. The minimum absolute atomic E-state index is 0.440. The van der Waals surface area contributed by atoms with E-state index in [2.05, 4.69) is 9.79 Å². The maximum Gasteiger partial charge on any atom is 0.272 e. The van der Waals surface area contributed by atoms with E-state index in [1.165, 1.54) is 0 Å². The van der Waals surface area contributed by atoms with Crippen LogP contribution in [0.1, 0.15) is 13.8 Å². The Morgan fingerprint density at radius 1 is 1.33 bits per heavy atom. The van der Waals surface area contributed by atoms with Crippen molar-refractivity contribution in [3.8, 4) is 0 Å². The summed E-state index contributed by atoms with van der Waals surface area (Å²) in [5.41, 5.74) is 1.22. The summed E-state index contributed by atoms with van der Waals surface area (Å²) < 4.78 is 4.89. The van der Waals surface area contributed by atoms with E-state index >= 15 is 0 Å². The molecule has 1 N–H and O–H groups in total. The second-order valence-corrected chi connectivity index (χ2v) is 1.97. The largest absolute Gasteiger partial charge is 0.272 e. The van der Waals surface area contributed by atoms with Crippen molar-refractivity contribution in [2.75, 3.05) is 0 Å². The number of aromatic nitrogens is 2. The van der Waals surface area contributed by atoms with Gasteiger partial charge in [0.15, 0.2) is 4.60 Å². The normalized spacial score (nSPS) is 9.17. The summed E-state index contributed by atoms with van der Waals surface area (Å²) >= 11 is 0. The van der Waals surface area contributed by atoms with Crippen LogP contribution in [0.5, 0.6) is 0 Å². The zero-order chi connectivity index (χ0) is 8.97. The Hall–Kier alpha value is -1.58. The average molecular weight is 167 g/mol. The van der Waals surface area contributed by atoms with Gasteiger partial charge in [-0.15, -0.1) is 0 Å². The Kier molecular flexibility index (Phi) is 2.63. The van der Waals surface area contributed by atoms with Crippen LogP contribution in [-0.4, -0.2) is 5.16 Å². The van der Waals surface area contributed by atoms with Gasteiger partial charge in [-0.2, -0.15) is 0 Å². The van der Waals surface area contributed by atoms with Crippen molar-refractivity contribution in [1.29, 1.82) is 0 Å². The third-order valence-corrected chi connectivity index (χ3v) is 1.34. The van der Waals surface area contributed by atoms with Crippen molar-refractivity contribution < 1.29 is 9.23 Å². The van der Waals surface area contributed by atoms with Gasteiger partial charge in [0.05, 0.1) is 0 Å². The Labute approximate surface area is 69.3 Å². The quantitative estimate of drug-likeness (QED) is 0.649. The number of para-hydroxylation sites is 2. The number of nitrogens with zero attached hydrogens (tertiary/aromatic N) is 1. The molecule has 0 fully saturated rings. The second kappa shape index (κ2) is 3.71. The predicted octanol–water partition coefficient (Wildman–Crippen LogP) is 1.70. The third kappa shape index (κ3) is 1.37. The molecule has 0 saturated heterocycles. The maximum absolute atomic E-state index is 10.7. The molecule has 1 heterocycles. The molecule has 0 aliphatic heterocycles. The summed E-state index contributed by atoms with van der Waals surface area (Å²) in [6, 6.07) is 7.06. The van der Waals surface area contributed by atoms with Crippen molar-refractivity contribution in [2.24, 2.45) is 0 Å².